The Hall–Kier alpha value is -2.69. The van der Waals surface area contributed by atoms with Crippen LogP contribution < -0.4 is 9.46 Å². The Morgan fingerprint density at radius 2 is 1.81 bits per heavy atom. The second-order valence-corrected chi connectivity index (χ2v) is 11.3. The smallest absolute Gasteiger partial charge is 0.260 e. The van der Waals surface area contributed by atoms with Crippen LogP contribution in [0.2, 0.25) is 5.02 Å². The minimum Gasteiger partial charge on any atom is -0.483 e. The van der Waals surface area contributed by atoms with Gasteiger partial charge in [0.2, 0.25) is 15.9 Å². The van der Waals surface area contributed by atoms with E-state index in [4.69, 9.17) is 16.3 Å². The summed E-state index contributed by atoms with van der Waals surface area (Å²) in [5.74, 6) is -0.653. The van der Waals surface area contributed by atoms with E-state index in [-0.39, 0.29) is 43.3 Å². The summed E-state index contributed by atoms with van der Waals surface area (Å²) in [4.78, 5) is 29.0. The molecule has 2 unspecified atom stereocenters. The molecular weight excluding hydrogens is 509 g/mol. The maximum Gasteiger partial charge on any atom is 0.260 e. The summed E-state index contributed by atoms with van der Waals surface area (Å²) in [6.45, 7) is 5.73. The molecule has 1 N–H and O–H groups in total. The van der Waals surface area contributed by atoms with Crippen LogP contribution in [-0.4, -0.2) is 68.1 Å². The fraction of sp³-hybridized carbons (Fsp3) is 0.440. The van der Waals surface area contributed by atoms with Gasteiger partial charge in [-0.15, -0.1) is 0 Å². The normalized spacial score (nSPS) is 18.6. The van der Waals surface area contributed by atoms with E-state index in [0.29, 0.717) is 36.0 Å². The van der Waals surface area contributed by atoms with E-state index in [0.717, 1.165) is 11.8 Å². The Kier molecular flexibility index (Phi) is 9.32. The Bertz CT molecular complexity index is 1190. The number of halogens is 2. The van der Waals surface area contributed by atoms with E-state index >= 15 is 0 Å². The first-order chi connectivity index (χ1) is 16.9. The van der Waals surface area contributed by atoms with E-state index in [1.165, 1.54) is 12.1 Å². The maximum atomic E-state index is 13.2. The summed E-state index contributed by atoms with van der Waals surface area (Å²) in [7, 11) is -3.64. The minimum absolute atomic E-state index is 0.0397. The molecule has 0 aliphatic carbocycles. The number of hydrogen-bond donors (Lipinski definition) is 1. The predicted molar refractivity (Wildman–Crippen MR) is 136 cm³/mol. The van der Waals surface area contributed by atoms with Gasteiger partial charge in [-0.05, 0) is 61.7 Å². The SMILES string of the molecule is CC1CN(C(=O)COc2ccc(Cl)cc2CCC(=O)NS(C)(=O)=O)C(C)CN1Cc1ccc(F)cc1. The fourth-order valence-electron chi connectivity index (χ4n) is 4.20. The van der Waals surface area contributed by atoms with E-state index in [1.807, 2.05) is 11.6 Å². The number of rotatable bonds is 9. The number of carbonyl (C=O) groups is 2. The van der Waals surface area contributed by atoms with Gasteiger partial charge < -0.3 is 9.64 Å². The molecule has 2 amide bonds. The number of aryl methyl sites for hydroxylation is 1. The third-order valence-electron chi connectivity index (χ3n) is 6.03. The van der Waals surface area contributed by atoms with Crippen molar-refractivity contribution in [2.24, 2.45) is 0 Å². The number of amides is 2. The molecule has 1 heterocycles. The van der Waals surface area contributed by atoms with Gasteiger partial charge in [-0.1, -0.05) is 23.7 Å². The quantitative estimate of drug-likeness (QED) is 0.526. The Balaban J connectivity index is 1.57. The number of carbonyl (C=O) groups excluding carboxylic acids is 2. The molecule has 0 radical (unpaired) electrons. The third-order valence-corrected chi connectivity index (χ3v) is 6.86. The molecule has 0 bridgehead atoms. The van der Waals surface area contributed by atoms with E-state index in [9.17, 15) is 22.4 Å². The first kappa shape index (κ1) is 27.9. The standard InChI is InChI=1S/C25H31ClFN3O5S/c1-17-14-30(18(2)13-29(17)15-19-4-8-22(27)9-5-19)25(32)16-35-23-10-7-21(26)12-20(23)6-11-24(31)28-36(3,33)34/h4-5,7-10,12,17-18H,6,11,13-16H2,1-3H3,(H,28,31). The van der Waals surface area contributed by atoms with Crippen LogP contribution in [0.5, 0.6) is 5.75 Å². The molecule has 1 aliphatic rings. The molecule has 0 aromatic heterocycles. The molecule has 8 nitrogen and oxygen atoms in total. The highest BCUT2D eigenvalue weighted by Gasteiger charge is 2.32. The third kappa shape index (κ3) is 8.18. The molecule has 0 saturated carbocycles. The molecule has 196 valence electrons. The van der Waals surface area contributed by atoms with Crippen molar-refractivity contribution >= 4 is 33.4 Å². The van der Waals surface area contributed by atoms with Crippen LogP contribution in [0.15, 0.2) is 42.5 Å². The van der Waals surface area contributed by atoms with Crippen molar-refractivity contribution in [1.82, 2.24) is 14.5 Å². The van der Waals surface area contributed by atoms with E-state index < -0.39 is 15.9 Å². The number of nitrogens with one attached hydrogen (secondary N) is 1. The average Bonchev–Trinajstić information content (AvgIpc) is 2.79. The van der Waals surface area contributed by atoms with Crippen LogP contribution in [-0.2, 0) is 32.6 Å². The van der Waals surface area contributed by atoms with Gasteiger partial charge >= 0.3 is 0 Å². The lowest BCUT2D eigenvalue weighted by atomic mass is 10.1. The van der Waals surface area contributed by atoms with Crippen molar-refractivity contribution in [3.63, 3.8) is 0 Å². The first-order valence-electron chi connectivity index (χ1n) is 11.6. The van der Waals surface area contributed by atoms with Gasteiger partial charge in [0, 0.05) is 43.2 Å². The van der Waals surface area contributed by atoms with Crippen LogP contribution in [0.25, 0.3) is 0 Å². The van der Waals surface area contributed by atoms with Gasteiger partial charge in [0.25, 0.3) is 5.91 Å². The highest BCUT2D eigenvalue weighted by Crippen LogP contribution is 2.25. The molecular formula is C25H31ClFN3O5S. The maximum absolute atomic E-state index is 13.2. The highest BCUT2D eigenvalue weighted by molar-refractivity contribution is 7.89. The summed E-state index contributed by atoms with van der Waals surface area (Å²) in [6.07, 6.45) is 1.03. The second-order valence-electron chi connectivity index (χ2n) is 9.14. The van der Waals surface area contributed by atoms with Gasteiger partial charge in [-0.25, -0.2) is 12.8 Å². The Morgan fingerprint density at radius 3 is 2.47 bits per heavy atom. The molecule has 2 aromatic rings. The van der Waals surface area contributed by atoms with Crippen LogP contribution >= 0.6 is 11.6 Å². The molecule has 2 atom stereocenters. The molecule has 1 saturated heterocycles. The summed E-state index contributed by atoms with van der Waals surface area (Å²) in [6, 6.07) is 11.4. The fourth-order valence-corrected chi connectivity index (χ4v) is 4.91. The molecule has 0 spiro atoms. The molecule has 2 aromatic carbocycles. The number of sulfonamides is 1. The minimum atomic E-state index is -3.64. The molecule has 1 aliphatic heterocycles. The summed E-state index contributed by atoms with van der Waals surface area (Å²) >= 11 is 6.09. The first-order valence-corrected chi connectivity index (χ1v) is 13.9. The van der Waals surface area contributed by atoms with Crippen LogP contribution in [0.4, 0.5) is 4.39 Å². The van der Waals surface area contributed by atoms with Crippen molar-refractivity contribution in [2.75, 3.05) is 26.0 Å². The van der Waals surface area contributed by atoms with E-state index in [1.54, 1.807) is 35.2 Å². The van der Waals surface area contributed by atoms with Gasteiger partial charge in [-0.2, -0.15) is 0 Å². The number of benzene rings is 2. The second kappa shape index (κ2) is 12.0. The van der Waals surface area contributed by atoms with Crippen LogP contribution in [0.1, 0.15) is 31.4 Å². The van der Waals surface area contributed by atoms with Gasteiger partial charge in [-0.3, -0.25) is 19.2 Å². The van der Waals surface area contributed by atoms with Crippen molar-refractivity contribution in [2.45, 2.75) is 45.3 Å². The zero-order valence-corrected chi connectivity index (χ0v) is 22.1. The average molecular weight is 540 g/mol. The summed E-state index contributed by atoms with van der Waals surface area (Å²) < 4.78 is 43.4. The van der Waals surface area contributed by atoms with Gasteiger partial charge in [0.1, 0.15) is 11.6 Å². The zero-order chi connectivity index (χ0) is 26.5. The van der Waals surface area contributed by atoms with Gasteiger partial charge in [0.15, 0.2) is 6.61 Å². The van der Waals surface area contributed by atoms with Crippen LogP contribution in [0, 0.1) is 5.82 Å². The van der Waals surface area contributed by atoms with E-state index in [2.05, 4.69) is 11.8 Å². The summed E-state index contributed by atoms with van der Waals surface area (Å²) in [5, 5.41) is 0.437. The number of ether oxygens (including phenoxy) is 1. The highest BCUT2D eigenvalue weighted by atomic mass is 35.5. The Morgan fingerprint density at radius 1 is 1.11 bits per heavy atom. The van der Waals surface area contributed by atoms with Crippen molar-refractivity contribution in [3.8, 4) is 5.75 Å². The van der Waals surface area contributed by atoms with Crippen LogP contribution in [0.3, 0.4) is 0 Å². The van der Waals surface area contributed by atoms with Crippen molar-refractivity contribution in [1.29, 1.82) is 0 Å². The van der Waals surface area contributed by atoms with Gasteiger partial charge in [0.05, 0.1) is 6.26 Å². The number of hydrogen-bond acceptors (Lipinski definition) is 6. The number of piperazine rings is 1. The topological polar surface area (TPSA) is 96.0 Å². The van der Waals surface area contributed by atoms with Crippen molar-refractivity contribution in [3.05, 3.63) is 64.4 Å². The number of nitrogens with zero attached hydrogens (tertiary/aromatic N) is 2. The molecule has 1 fully saturated rings. The Labute approximate surface area is 216 Å². The monoisotopic (exact) mass is 539 g/mol. The molecule has 3 rings (SSSR count). The predicted octanol–water partition coefficient (Wildman–Crippen LogP) is 2.99. The summed E-state index contributed by atoms with van der Waals surface area (Å²) in [5.41, 5.74) is 1.61. The van der Waals surface area contributed by atoms with Crippen molar-refractivity contribution < 1.29 is 27.1 Å². The lowest BCUT2D eigenvalue weighted by Gasteiger charge is -2.44. The largest absolute Gasteiger partial charge is 0.483 e. The zero-order valence-electron chi connectivity index (χ0n) is 20.5. The lowest BCUT2D eigenvalue weighted by Crippen LogP contribution is -2.58. The molecule has 36 heavy (non-hydrogen) atoms. The molecule has 11 heteroatoms. The lowest BCUT2D eigenvalue weighted by molar-refractivity contribution is -0.139.